The minimum atomic E-state index is -0.512. The minimum Gasteiger partial charge on any atom is -0.495 e. The first-order chi connectivity index (χ1) is 17.0. The van der Waals surface area contributed by atoms with E-state index in [0.29, 0.717) is 44.7 Å². The van der Waals surface area contributed by atoms with Gasteiger partial charge in [0.25, 0.3) is 5.19 Å². The molecule has 5 rings (SSSR count). The van der Waals surface area contributed by atoms with Crippen molar-refractivity contribution < 1.29 is 18.6 Å². The third-order valence-electron chi connectivity index (χ3n) is 4.90. The number of anilines is 2. The predicted octanol–water partition coefficient (Wildman–Crippen LogP) is 6.00. The van der Waals surface area contributed by atoms with E-state index in [9.17, 15) is 4.39 Å². The average molecular weight is 555 g/mol. The van der Waals surface area contributed by atoms with Crippen LogP contribution in [0.2, 0.25) is 0 Å². The number of methoxy groups -OCH3 is 2. The molecule has 3 heterocycles. The van der Waals surface area contributed by atoms with Gasteiger partial charge in [-0.15, -0.1) is 0 Å². The number of benzene rings is 2. The maximum Gasteiger partial charge on any atom is 0.316 e. The Balaban J connectivity index is 1.34. The zero-order chi connectivity index (χ0) is 24.4. The highest BCUT2D eigenvalue weighted by molar-refractivity contribution is 9.10. The number of rotatable bonds is 7. The molecule has 0 aliphatic heterocycles. The molecule has 0 amide bonds. The lowest BCUT2D eigenvalue weighted by Gasteiger charge is -2.12. The summed E-state index contributed by atoms with van der Waals surface area (Å²) in [5.74, 6) is 0.888. The number of ether oxygens (including phenoxy) is 3. The van der Waals surface area contributed by atoms with E-state index in [1.54, 1.807) is 43.1 Å². The lowest BCUT2D eigenvalue weighted by molar-refractivity contribution is 0.380. The summed E-state index contributed by atoms with van der Waals surface area (Å²) in [6, 6.07) is 8.36. The topological polar surface area (TPSA) is 104 Å². The maximum absolute atomic E-state index is 14.9. The van der Waals surface area contributed by atoms with Crippen LogP contribution in [-0.4, -0.2) is 39.1 Å². The third-order valence-corrected chi connectivity index (χ3v) is 6.23. The summed E-state index contributed by atoms with van der Waals surface area (Å²) in [5.41, 5.74) is 2.25. The van der Waals surface area contributed by atoms with Crippen molar-refractivity contribution in [3.05, 3.63) is 64.7 Å². The van der Waals surface area contributed by atoms with E-state index in [4.69, 9.17) is 14.2 Å². The van der Waals surface area contributed by atoms with Gasteiger partial charge in [0.05, 0.1) is 35.6 Å². The largest absolute Gasteiger partial charge is 0.495 e. The number of nitrogens with one attached hydrogen (secondary N) is 1. The molecule has 0 unspecified atom stereocenters. The lowest BCUT2D eigenvalue weighted by Crippen LogP contribution is -1.99. The highest BCUT2D eigenvalue weighted by Gasteiger charge is 2.13. The molecule has 0 spiro atoms. The van der Waals surface area contributed by atoms with E-state index in [1.165, 1.54) is 30.8 Å². The van der Waals surface area contributed by atoms with E-state index < -0.39 is 5.82 Å². The second kappa shape index (κ2) is 9.76. The SMILES string of the molecule is COc1ncc(-c2csc(Oc3ccc(Nc4ncnc5cc(OC)c(Br)cc45)c(F)c3)n2)cn1. The Morgan fingerprint density at radius 2 is 1.83 bits per heavy atom. The maximum atomic E-state index is 14.9. The summed E-state index contributed by atoms with van der Waals surface area (Å²) in [5, 5.41) is 5.90. The van der Waals surface area contributed by atoms with E-state index in [0.717, 1.165) is 4.47 Å². The zero-order valence-corrected chi connectivity index (χ0v) is 20.7. The van der Waals surface area contributed by atoms with Gasteiger partial charge in [-0.25, -0.2) is 29.3 Å². The van der Waals surface area contributed by atoms with E-state index in [1.807, 2.05) is 6.07 Å². The van der Waals surface area contributed by atoms with Crippen LogP contribution in [0.15, 0.2) is 58.9 Å². The van der Waals surface area contributed by atoms with Gasteiger partial charge in [-0.1, -0.05) is 11.3 Å². The normalized spacial score (nSPS) is 10.9. The van der Waals surface area contributed by atoms with Crippen LogP contribution in [0.3, 0.4) is 0 Å². The highest BCUT2D eigenvalue weighted by atomic mass is 79.9. The first kappa shape index (κ1) is 22.9. The zero-order valence-electron chi connectivity index (χ0n) is 18.3. The Morgan fingerprint density at radius 3 is 2.57 bits per heavy atom. The summed E-state index contributed by atoms with van der Waals surface area (Å²) in [6.45, 7) is 0. The number of halogens is 2. The van der Waals surface area contributed by atoms with E-state index >= 15 is 0 Å². The molecule has 0 fully saturated rings. The standard InChI is InChI=1S/C23H16BrFN6O3S/c1-32-20-7-18-14(6-15(20)24)21(29-11-28-18)30-17-4-3-13(5-16(17)25)34-23-31-19(10-35-23)12-8-26-22(33-2)27-9-12/h3-11H,1-2H3,(H,28,29,30). The average Bonchev–Trinajstić information content (AvgIpc) is 3.34. The molecule has 3 aromatic heterocycles. The number of nitrogens with zero attached hydrogens (tertiary/aromatic N) is 5. The Morgan fingerprint density at radius 1 is 1.00 bits per heavy atom. The molecule has 0 atom stereocenters. The molecule has 176 valence electrons. The predicted molar refractivity (Wildman–Crippen MR) is 133 cm³/mol. The van der Waals surface area contributed by atoms with Crippen molar-refractivity contribution >= 4 is 49.7 Å². The molecular weight excluding hydrogens is 539 g/mol. The molecule has 0 aliphatic carbocycles. The third kappa shape index (κ3) is 4.84. The van der Waals surface area contributed by atoms with Gasteiger partial charge >= 0.3 is 6.01 Å². The number of fused-ring (bicyclic) bond motifs is 1. The van der Waals surface area contributed by atoms with Crippen LogP contribution in [-0.2, 0) is 0 Å². The molecule has 5 aromatic rings. The van der Waals surface area contributed by atoms with Gasteiger partial charge in [-0.3, -0.25) is 0 Å². The number of hydrogen-bond acceptors (Lipinski definition) is 10. The molecule has 0 radical (unpaired) electrons. The van der Waals surface area contributed by atoms with Crippen molar-refractivity contribution in [2.75, 3.05) is 19.5 Å². The van der Waals surface area contributed by atoms with Crippen molar-refractivity contribution in [2.45, 2.75) is 0 Å². The van der Waals surface area contributed by atoms with Crippen molar-refractivity contribution in [1.29, 1.82) is 0 Å². The summed E-state index contributed by atoms with van der Waals surface area (Å²) in [4.78, 5) is 21.1. The van der Waals surface area contributed by atoms with Crippen molar-refractivity contribution in [2.24, 2.45) is 0 Å². The molecule has 0 saturated carbocycles. The van der Waals surface area contributed by atoms with Crippen LogP contribution in [0.1, 0.15) is 0 Å². The fourth-order valence-electron chi connectivity index (χ4n) is 3.19. The molecule has 0 saturated heterocycles. The van der Waals surface area contributed by atoms with Crippen LogP contribution in [0.25, 0.3) is 22.2 Å². The molecule has 35 heavy (non-hydrogen) atoms. The Labute approximate surface area is 211 Å². The molecule has 0 aliphatic rings. The van der Waals surface area contributed by atoms with Gasteiger partial charge in [0.1, 0.15) is 29.5 Å². The molecule has 2 aromatic carbocycles. The van der Waals surface area contributed by atoms with Crippen LogP contribution in [0, 0.1) is 5.82 Å². The Bertz CT molecular complexity index is 1520. The Hall–Kier alpha value is -3.90. The van der Waals surface area contributed by atoms with Gasteiger partial charge in [-0.2, -0.15) is 0 Å². The first-order valence-electron chi connectivity index (χ1n) is 10.1. The monoisotopic (exact) mass is 554 g/mol. The second-order valence-corrected chi connectivity index (χ2v) is 8.73. The first-order valence-corrected chi connectivity index (χ1v) is 11.8. The van der Waals surface area contributed by atoms with Crippen LogP contribution < -0.4 is 19.5 Å². The summed E-state index contributed by atoms with van der Waals surface area (Å²) in [7, 11) is 3.07. The minimum absolute atomic E-state index is 0.236. The van der Waals surface area contributed by atoms with Gasteiger partial charge in [0.2, 0.25) is 0 Å². The smallest absolute Gasteiger partial charge is 0.316 e. The Kier molecular flexibility index (Phi) is 6.38. The summed E-state index contributed by atoms with van der Waals surface area (Å²) >= 11 is 4.74. The summed E-state index contributed by atoms with van der Waals surface area (Å²) in [6.07, 6.45) is 4.62. The van der Waals surface area contributed by atoms with Crippen molar-refractivity contribution in [3.63, 3.8) is 0 Å². The number of hydrogen-bond donors (Lipinski definition) is 1. The van der Waals surface area contributed by atoms with Crippen LogP contribution >= 0.6 is 27.3 Å². The van der Waals surface area contributed by atoms with Gasteiger partial charge in [0, 0.05) is 40.9 Å². The fourth-order valence-corrected chi connectivity index (χ4v) is 4.40. The molecule has 0 bridgehead atoms. The summed E-state index contributed by atoms with van der Waals surface area (Å²) < 4.78 is 31.7. The fraction of sp³-hybridized carbons (Fsp3) is 0.0870. The van der Waals surface area contributed by atoms with Gasteiger partial charge < -0.3 is 19.5 Å². The quantitative estimate of drug-likeness (QED) is 0.259. The number of aromatic nitrogens is 5. The van der Waals surface area contributed by atoms with Crippen LogP contribution in [0.4, 0.5) is 15.9 Å². The van der Waals surface area contributed by atoms with Gasteiger partial charge in [0.15, 0.2) is 0 Å². The van der Waals surface area contributed by atoms with Crippen LogP contribution in [0.5, 0.6) is 22.7 Å². The second-order valence-electron chi connectivity index (χ2n) is 7.05. The molecular formula is C23H16BrFN6O3S. The molecule has 12 heteroatoms. The van der Waals surface area contributed by atoms with Crippen molar-refractivity contribution in [3.8, 4) is 34.0 Å². The van der Waals surface area contributed by atoms with Crippen molar-refractivity contribution in [1.82, 2.24) is 24.9 Å². The molecule has 9 nitrogen and oxygen atoms in total. The number of thiazole rings is 1. The highest BCUT2D eigenvalue weighted by Crippen LogP contribution is 2.35. The van der Waals surface area contributed by atoms with E-state index in [2.05, 4.69) is 46.2 Å². The van der Waals surface area contributed by atoms with E-state index in [-0.39, 0.29) is 11.7 Å². The molecule has 1 N–H and O–H groups in total. The van der Waals surface area contributed by atoms with Gasteiger partial charge in [-0.05, 0) is 34.1 Å². The lowest BCUT2D eigenvalue weighted by atomic mass is 10.2.